The van der Waals surface area contributed by atoms with E-state index >= 15 is 0 Å². The molecule has 0 N–H and O–H groups in total. The van der Waals surface area contributed by atoms with Crippen molar-refractivity contribution < 1.29 is 14.4 Å². The first-order valence-electron chi connectivity index (χ1n) is 19.3. The smallest absolute Gasteiger partial charge is 0.168 e. The van der Waals surface area contributed by atoms with Crippen LogP contribution in [0, 0.1) is 35.5 Å². The molecule has 0 radical (unpaired) electrons. The van der Waals surface area contributed by atoms with Crippen LogP contribution in [0.3, 0.4) is 0 Å². The Labute approximate surface area is 351 Å². The summed E-state index contributed by atoms with van der Waals surface area (Å²) in [4.78, 5) is 49.8. The summed E-state index contributed by atoms with van der Waals surface area (Å²) in [5.41, 5.74) is 10.5. The Kier molecular flexibility index (Phi) is 10.4. The lowest BCUT2D eigenvalue weighted by molar-refractivity contribution is 0.111. The SMILES string of the molecule is O=Cc1ccc2cccc(C#Cc3ccc(N(c4ccc(C#Cc5cccc6ccc(C=O)nc56)cc4)c4ccc(C#Cc5cccc6ccc(C=O)nc56)cc4)cc3)c2n1. The fraction of sp³-hybridized carbons (Fsp3) is 0. The predicted octanol–water partition coefficient (Wildman–Crippen LogP) is 10.4. The fourth-order valence-electron chi connectivity index (χ4n) is 6.93. The Balaban J connectivity index is 1.04. The van der Waals surface area contributed by atoms with Crippen molar-refractivity contribution in [2.75, 3.05) is 4.90 Å². The molecule has 0 aliphatic carbocycles. The number of para-hydroxylation sites is 3. The Morgan fingerprint density at radius 1 is 0.328 bits per heavy atom. The molecule has 0 saturated carbocycles. The van der Waals surface area contributed by atoms with Crippen LogP contribution < -0.4 is 4.90 Å². The van der Waals surface area contributed by atoms with E-state index in [1.54, 1.807) is 18.2 Å². The zero-order chi connectivity index (χ0) is 41.5. The molecule has 9 rings (SSSR count). The van der Waals surface area contributed by atoms with Gasteiger partial charge in [0.2, 0.25) is 0 Å². The fourth-order valence-corrected chi connectivity index (χ4v) is 6.93. The summed E-state index contributed by atoms with van der Waals surface area (Å²) in [6.07, 6.45) is 2.21. The van der Waals surface area contributed by atoms with Gasteiger partial charge in [0.15, 0.2) is 18.9 Å². The average molecular weight is 783 g/mol. The van der Waals surface area contributed by atoms with E-state index in [1.165, 1.54) is 0 Å². The largest absolute Gasteiger partial charge is 0.311 e. The van der Waals surface area contributed by atoms with Crippen LogP contribution in [0.2, 0.25) is 0 Å². The summed E-state index contributed by atoms with van der Waals surface area (Å²) < 4.78 is 0. The van der Waals surface area contributed by atoms with Crippen LogP contribution in [0.25, 0.3) is 32.7 Å². The highest BCUT2D eigenvalue weighted by Gasteiger charge is 2.13. The Morgan fingerprint density at radius 2 is 0.623 bits per heavy atom. The van der Waals surface area contributed by atoms with E-state index in [-0.39, 0.29) is 0 Å². The molecule has 0 spiro atoms. The second-order valence-electron chi connectivity index (χ2n) is 13.9. The van der Waals surface area contributed by atoms with Crippen LogP contribution >= 0.6 is 0 Å². The predicted molar refractivity (Wildman–Crippen MR) is 240 cm³/mol. The number of pyridine rings is 3. The molecule has 6 aromatic carbocycles. The molecule has 0 unspecified atom stereocenters. The van der Waals surface area contributed by atoms with Gasteiger partial charge in [0.1, 0.15) is 17.1 Å². The molecule has 9 aromatic rings. The molecule has 284 valence electrons. The third kappa shape index (κ3) is 8.11. The van der Waals surface area contributed by atoms with Crippen molar-refractivity contribution >= 4 is 68.6 Å². The highest BCUT2D eigenvalue weighted by molar-refractivity contribution is 5.90. The topological polar surface area (TPSA) is 93.1 Å². The van der Waals surface area contributed by atoms with E-state index in [0.717, 1.165) is 85.5 Å². The molecule has 0 aliphatic rings. The number of aldehydes is 3. The number of aromatic nitrogens is 3. The van der Waals surface area contributed by atoms with Crippen molar-refractivity contribution in [3.63, 3.8) is 0 Å². The molecule has 7 nitrogen and oxygen atoms in total. The molecule has 0 atom stereocenters. The maximum atomic E-state index is 11.4. The number of rotatable bonds is 6. The van der Waals surface area contributed by atoms with Gasteiger partial charge in [-0.3, -0.25) is 14.4 Å². The molecular formula is C54H30N4O3. The first-order valence-corrected chi connectivity index (χ1v) is 19.3. The highest BCUT2D eigenvalue weighted by atomic mass is 16.1. The van der Waals surface area contributed by atoms with Crippen LogP contribution in [0.5, 0.6) is 0 Å². The lowest BCUT2D eigenvalue weighted by Crippen LogP contribution is -2.10. The Bertz CT molecular complexity index is 3020. The molecule has 0 aliphatic heterocycles. The van der Waals surface area contributed by atoms with E-state index in [4.69, 9.17) is 0 Å². The first-order chi connectivity index (χ1) is 30.0. The van der Waals surface area contributed by atoms with Crippen LogP contribution in [0.1, 0.15) is 64.8 Å². The van der Waals surface area contributed by atoms with Gasteiger partial charge in [-0.25, -0.2) is 15.0 Å². The van der Waals surface area contributed by atoms with Crippen molar-refractivity contribution in [2.24, 2.45) is 0 Å². The van der Waals surface area contributed by atoms with E-state index in [1.807, 2.05) is 146 Å². The summed E-state index contributed by atoms with van der Waals surface area (Å²) in [5.74, 6) is 19.6. The number of hydrogen-bond acceptors (Lipinski definition) is 7. The van der Waals surface area contributed by atoms with E-state index in [0.29, 0.717) is 33.6 Å². The Hall–Kier alpha value is -8.96. The van der Waals surface area contributed by atoms with Crippen LogP contribution in [-0.2, 0) is 0 Å². The molecule has 0 amide bonds. The van der Waals surface area contributed by atoms with Gasteiger partial charge in [-0.1, -0.05) is 90.1 Å². The molecular weight excluding hydrogens is 753 g/mol. The normalized spacial score (nSPS) is 10.4. The molecule has 61 heavy (non-hydrogen) atoms. The van der Waals surface area contributed by atoms with E-state index in [9.17, 15) is 14.4 Å². The van der Waals surface area contributed by atoms with Crippen LogP contribution in [-0.4, -0.2) is 33.8 Å². The summed E-state index contributed by atoms with van der Waals surface area (Å²) >= 11 is 0. The summed E-state index contributed by atoms with van der Waals surface area (Å²) in [6.45, 7) is 0. The van der Waals surface area contributed by atoms with Crippen molar-refractivity contribution in [3.8, 4) is 35.5 Å². The highest BCUT2D eigenvalue weighted by Crippen LogP contribution is 2.35. The lowest BCUT2D eigenvalue weighted by Gasteiger charge is -2.25. The van der Waals surface area contributed by atoms with Gasteiger partial charge in [0, 0.05) is 49.9 Å². The van der Waals surface area contributed by atoms with Gasteiger partial charge in [-0.15, -0.1) is 0 Å². The summed E-state index contributed by atoms with van der Waals surface area (Å²) in [6, 6.07) is 52.1. The number of carbonyl (C=O) groups excluding carboxylic acids is 3. The number of hydrogen-bond donors (Lipinski definition) is 0. The summed E-state index contributed by atoms with van der Waals surface area (Å²) in [7, 11) is 0. The maximum Gasteiger partial charge on any atom is 0.168 e. The molecule has 3 aromatic heterocycles. The zero-order valence-electron chi connectivity index (χ0n) is 32.3. The van der Waals surface area contributed by atoms with Crippen LogP contribution in [0.15, 0.2) is 164 Å². The van der Waals surface area contributed by atoms with Gasteiger partial charge < -0.3 is 4.90 Å². The van der Waals surface area contributed by atoms with E-state index in [2.05, 4.69) is 55.4 Å². The van der Waals surface area contributed by atoms with Crippen LogP contribution in [0.4, 0.5) is 17.1 Å². The second-order valence-corrected chi connectivity index (χ2v) is 13.9. The van der Waals surface area contributed by atoms with Crippen molar-refractivity contribution in [3.05, 3.63) is 214 Å². The number of carbonyl (C=O) groups is 3. The minimum absolute atomic E-state index is 0.360. The van der Waals surface area contributed by atoms with Gasteiger partial charge in [-0.2, -0.15) is 0 Å². The first kappa shape index (κ1) is 37.6. The molecule has 0 fully saturated rings. The van der Waals surface area contributed by atoms with Gasteiger partial charge in [0.05, 0.1) is 33.2 Å². The zero-order valence-corrected chi connectivity index (χ0v) is 32.3. The minimum atomic E-state index is 0.360. The maximum absolute atomic E-state index is 11.4. The monoisotopic (exact) mass is 782 g/mol. The van der Waals surface area contributed by atoms with Gasteiger partial charge >= 0.3 is 0 Å². The molecule has 0 saturated heterocycles. The van der Waals surface area contributed by atoms with Gasteiger partial charge in [-0.05, 0) is 109 Å². The number of fused-ring (bicyclic) bond motifs is 3. The quantitative estimate of drug-likeness (QED) is 0.122. The number of anilines is 3. The van der Waals surface area contributed by atoms with Crippen molar-refractivity contribution in [2.45, 2.75) is 0 Å². The third-order valence-electron chi connectivity index (χ3n) is 9.99. The summed E-state index contributed by atoms with van der Waals surface area (Å²) in [5, 5.41) is 2.74. The molecule has 0 bridgehead atoms. The molecule has 3 heterocycles. The standard InChI is InChI=1S/C54H30N4O3/c59-34-46-25-22-43-7-1-4-40(52(43)55-46)19-10-37-13-28-49(29-14-37)58(50-30-15-38(16-31-50)11-20-41-5-2-8-44-23-26-47(35-60)56-53(41)44)51-32-17-39(18-33-51)12-21-42-6-3-9-45-24-27-48(36-61)57-54(42)45/h1-9,13-18,22-36H. The van der Waals surface area contributed by atoms with Crippen molar-refractivity contribution in [1.82, 2.24) is 15.0 Å². The molecule has 7 heteroatoms. The average Bonchev–Trinajstić information content (AvgIpc) is 3.32. The number of benzene rings is 6. The second kappa shape index (κ2) is 16.9. The third-order valence-corrected chi connectivity index (χ3v) is 9.99. The minimum Gasteiger partial charge on any atom is -0.311 e. The number of nitrogens with zero attached hydrogens (tertiary/aromatic N) is 4. The Morgan fingerprint density at radius 3 is 0.902 bits per heavy atom. The van der Waals surface area contributed by atoms with Gasteiger partial charge in [0.25, 0.3) is 0 Å². The van der Waals surface area contributed by atoms with E-state index < -0.39 is 0 Å². The van der Waals surface area contributed by atoms with Crippen molar-refractivity contribution in [1.29, 1.82) is 0 Å². The lowest BCUT2D eigenvalue weighted by atomic mass is 10.1.